The Morgan fingerprint density at radius 3 is 2.84 bits per heavy atom. The molecule has 0 radical (unpaired) electrons. The monoisotopic (exact) mass is 271 g/mol. The predicted molar refractivity (Wildman–Crippen MR) is 68.3 cm³/mol. The van der Waals surface area contributed by atoms with Gasteiger partial charge in [0.1, 0.15) is 6.10 Å². The van der Waals surface area contributed by atoms with Gasteiger partial charge in [0.2, 0.25) is 5.91 Å². The van der Waals surface area contributed by atoms with E-state index >= 15 is 0 Å². The molecule has 7 heteroatoms. The van der Waals surface area contributed by atoms with Gasteiger partial charge < -0.3 is 21.5 Å². The number of alkyl halides is 2. The van der Waals surface area contributed by atoms with Crippen molar-refractivity contribution in [1.82, 2.24) is 0 Å². The van der Waals surface area contributed by atoms with Crippen LogP contribution in [0.2, 0.25) is 0 Å². The smallest absolute Gasteiger partial charge is 0.265 e. The standard InChI is InChI=1S/C12H15F2N3O2/c13-12(14)10(18)5-16-9-3-6-1-2-11(19)17-8(6)4-7(9)15/h3-4,10,12,16,18H,1-2,5,15H2,(H,17,19). The first kappa shape index (κ1) is 13.5. The van der Waals surface area contributed by atoms with Gasteiger partial charge in [-0.15, -0.1) is 0 Å². The summed E-state index contributed by atoms with van der Waals surface area (Å²) in [4.78, 5) is 11.2. The molecule has 0 saturated heterocycles. The predicted octanol–water partition coefficient (Wildman–Crippen LogP) is 1.19. The Morgan fingerprint density at radius 2 is 2.16 bits per heavy atom. The summed E-state index contributed by atoms with van der Waals surface area (Å²) in [5.41, 5.74) is 8.12. The highest BCUT2D eigenvalue weighted by Crippen LogP contribution is 2.30. The molecule has 19 heavy (non-hydrogen) atoms. The second-order valence-corrected chi connectivity index (χ2v) is 4.43. The Hall–Kier alpha value is -1.89. The van der Waals surface area contributed by atoms with Gasteiger partial charge in [-0.05, 0) is 24.1 Å². The molecule has 5 nitrogen and oxygen atoms in total. The zero-order valence-corrected chi connectivity index (χ0v) is 10.1. The van der Waals surface area contributed by atoms with Crippen molar-refractivity contribution >= 4 is 23.0 Å². The first-order chi connectivity index (χ1) is 8.97. The van der Waals surface area contributed by atoms with Crippen LogP contribution in [0.3, 0.4) is 0 Å². The van der Waals surface area contributed by atoms with Crippen LogP contribution in [-0.2, 0) is 11.2 Å². The molecule has 2 rings (SSSR count). The lowest BCUT2D eigenvalue weighted by atomic mass is 10.0. The number of nitrogens with one attached hydrogen (secondary N) is 2. The number of carbonyl (C=O) groups excluding carboxylic acids is 1. The van der Waals surface area contributed by atoms with Crippen LogP contribution in [-0.4, -0.2) is 30.1 Å². The van der Waals surface area contributed by atoms with Crippen molar-refractivity contribution in [2.75, 3.05) is 22.9 Å². The van der Waals surface area contributed by atoms with Crippen molar-refractivity contribution in [2.45, 2.75) is 25.4 Å². The topological polar surface area (TPSA) is 87.4 Å². The number of aryl methyl sites for hydroxylation is 1. The number of nitrogens with two attached hydrogens (primary N) is 1. The minimum absolute atomic E-state index is 0.0688. The third-order valence-electron chi connectivity index (χ3n) is 2.96. The zero-order chi connectivity index (χ0) is 14.0. The molecule has 0 saturated carbocycles. The Morgan fingerprint density at radius 1 is 1.42 bits per heavy atom. The summed E-state index contributed by atoms with van der Waals surface area (Å²) in [6.45, 7) is -0.285. The molecule has 5 N–H and O–H groups in total. The van der Waals surface area contributed by atoms with Gasteiger partial charge in [0.05, 0.1) is 11.4 Å². The Labute approximate surface area is 108 Å². The van der Waals surface area contributed by atoms with E-state index in [4.69, 9.17) is 10.8 Å². The highest BCUT2D eigenvalue weighted by atomic mass is 19.3. The first-order valence-electron chi connectivity index (χ1n) is 5.89. The third kappa shape index (κ3) is 3.11. The normalized spacial score (nSPS) is 15.9. The summed E-state index contributed by atoms with van der Waals surface area (Å²) in [6.07, 6.45) is -3.58. The molecule has 1 atom stereocenters. The van der Waals surface area contributed by atoms with E-state index in [2.05, 4.69) is 10.6 Å². The van der Waals surface area contributed by atoms with Gasteiger partial charge in [-0.1, -0.05) is 0 Å². The number of aliphatic hydroxyl groups excluding tert-OH is 1. The van der Waals surface area contributed by atoms with Gasteiger partial charge in [0.25, 0.3) is 6.43 Å². The number of anilines is 3. The molecule has 1 aliphatic heterocycles. The summed E-state index contributed by atoms with van der Waals surface area (Å²) in [6, 6.07) is 3.30. The molecule has 104 valence electrons. The van der Waals surface area contributed by atoms with Crippen LogP contribution in [0.4, 0.5) is 25.8 Å². The van der Waals surface area contributed by atoms with E-state index in [1.807, 2.05) is 0 Å². The van der Waals surface area contributed by atoms with Gasteiger partial charge in [0.15, 0.2) is 0 Å². The fourth-order valence-corrected chi connectivity index (χ4v) is 1.90. The molecule has 1 heterocycles. The van der Waals surface area contributed by atoms with Gasteiger partial charge in [-0.25, -0.2) is 8.78 Å². The number of nitrogen functional groups attached to an aromatic ring is 1. The van der Waals surface area contributed by atoms with Crippen molar-refractivity contribution in [2.24, 2.45) is 0 Å². The zero-order valence-electron chi connectivity index (χ0n) is 10.1. The maximum Gasteiger partial charge on any atom is 0.265 e. The van der Waals surface area contributed by atoms with Crippen LogP contribution >= 0.6 is 0 Å². The Bertz CT molecular complexity index is 494. The molecule has 1 unspecified atom stereocenters. The van der Waals surface area contributed by atoms with Crippen LogP contribution in [0.5, 0.6) is 0 Å². The van der Waals surface area contributed by atoms with E-state index in [0.717, 1.165) is 5.56 Å². The summed E-state index contributed by atoms with van der Waals surface area (Å²) >= 11 is 0. The molecular formula is C12H15F2N3O2. The lowest BCUT2D eigenvalue weighted by molar-refractivity contribution is -0.116. The van der Waals surface area contributed by atoms with E-state index < -0.39 is 12.5 Å². The number of benzene rings is 1. The average molecular weight is 271 g/mol. The molecule has 0 fully saturated rings. The fourth-order valence-electron chi connectivity index (χ4n) is 1.90. The number of carbonyl (C=O) groups is 1. The van der Waals surface area contributed by atoms with Crippen molar-refractivity contribution in [3.05, 3.63) is 17.7 Å². The van der Waals surface area contributed by atoms with E-state index in [1.54, 1.807) is 12.1 Å². The van der Waals surface area contributed by atoms with Crippen LogP contribution in [0, 0.1) is 0 Å². The van der Waals surface area contributed by atoms with Gasteiger partial charge >= 0.3 is 0 Å². The maximum atomic E-state index is 12.2. The molecule has 1 aromatic carbocycles. The number of rotatable bonds is 4. The van der Waals surface area contributed by atoms with Gasteiger partial charge in [-0.3, -0.25) is 4.79 Å². The number of amides is 1. The van der Waals surface area contributed by atoms with Crippen LogP contribution in [0.25, 0.3) is 0 Å². The lowest BCUT2D eigenvalue weighted by Crippen LogP contribution is -2.27. The van der Waals surface area contributed by atoms with E-state index in [-0.39, 0.29) is 12.5 Å². The quantitative estimate of drug-likeness (QED) is 0.619. The van der Waals surface area contributed by atoms with Crippen molar-refractivity contribution in [3.63, 3.8) is 0 Å². The SMILES string of the molecule is Nc1cc2c(cc1NCC(O)C(F)F)CCC(=O)N2. The number of hydrogen-bond acceptors (Lipinski definition) is 4. The van der Waals surface area contributed by atoms with Crippen LogP contribution in [0.1, 0.15) is 12.0 Å². The number of hydrogen-bond donors (Lipinski definition) is 4. The average Bonchev–Trinajstić information content (AvgIpc) is 2.35. The first-order valence-corrected chi connectivity index (χ1v) is 5.89. The highest BCUT2D eigenvalue weighted by Gasteiger charge is 2.19. The van der Waals surface area contributed by atoms with Crippen molar-refractivity contribution in [3.8, 4) is 0 Å². The number of halogens is 2. The van der Waals surface area contributed by atoms with Gasteiger partial charge in [-0.2, -0.15) is 0 Å². The molecule has 1 aliphatic rings. The minimum Gasteiger partial charge on any atom is -0.397 e. The summed E-state index contributed by atoms with van der Waals surface area (Å²) in [5, 5.41) is 14.4. The van der Waals surface area contributed by atoms with Gasteiger partial charge in [0, 0.05) is 18.7 Å². The third-order valence-corrected chi connectivity index (χ3v) is 2.96. The van der Waals surface area contributed by atoms with Crippen LogP contribution in [0.15, 0.2) is 12.1 Å². The summed E-state index contributed by atoms with van der Waals surface area (Å²) in [7, 11) is 0. The van der Waals surface area contributed by atoms with E-state index in [0.29, 0.717) is 29.9 Å². The Kier molecular flexibility index (Phi) is 3.84. The maximum absolute atomic E-state index is 12.2. The fraction of sp³-hybridized carbons (Fsp3) is 0.417. The molecule has 0 spiro atoms. The lowest BCUT2D eigenvalue weighted by Gasteiger charge is -2.20. The molecule has 0 aliphatic carbocycles. The van der Waals surface area contributed by atoms with E-state index in [9.17, 15) is 13.6 Å². The summed E-state index contributed by atoms with van der Waals surface area (Å²) < 4.78 is 24.4. The number of aliphatic hydroxyl groups is 1. The second-order valence-electron chi connectivity index (χ2n) is 4.43. The second kappa shape index (κ2) is 5.40. The molecule has 1 aromatic rings. The number of fused-ring (bicyclic) bond motifs is 1. The van der Waals surface area contributed by atoms with Crippen LogP contribution < -0.4 is 16.4 Å². The molecule has 1 amide bonds. The Balaban J connectivity index is 2.12. The van der Waals surface area contributed by atoms with E-state index in [1.165, 1.54) is 0 Å². The minimum atomic E-state index is -2.80. The molecular weight excluding hydrogens is 256 g/mol. The highest BCUT2D eigenvalue weighted by molar-refractivity contribution is 5.95. The summed E-state index contributed by atoms with van der Waals surface area (Å²) in [5.74, 6) is -0.0688. The molecule has 0 aromatic heterocycles. The van der Waals surface area contributed by atoms with Crippen molar-refractivity contribution in [1.29, 1.82) is 0 Å². The van der Waals surface area contributed by atoms with Crippen molar-refractivity contribution < 1.29 is 18.7 Å². The largest absolute Gasteiger partial charge is 0.397 e. The molecule has 0 bridgehead atoms.